The number of aliphatic carboxylic acids is 1. The van der Waals surface area contributed by atoms with Gasteiger partial charge in [0, 0.05) is 10.7 Å². The van der Waals surface area contributed by atoms with E-state index in [0.29, 0.717) is 20.7 Å². The van der Waals surface area contributed by atoms with E-state index in [1.165, 1.54) is 12.1 Å². The lowest BCUT2D eigenvalue weighted by molar-refractivity contribution is -0.139. The van der Waals surface area contributed by atoms with Gasteiger partial charge >= 0.3 is 5.97 Å². The lowest BCUT2D eigenvalue weighted by Gasteiger charge is -2.09. The van der Waals surface area contributed by atoms with Gasteiger partial charge in [-0.3, -0.25) is 4.79 Å². The van der Waals surface area contributed by atoms with E-state index in [-0.39, 0.29) is 16.3 Å². The molecule has 2 N–H and O–H groups in total. The molecule has 0 fully saturated rings. The third-order valence-corrected chi connectivity index (χ3v) is 4.26. The van der Waals surface area contributed by atoms with Crippen molar-refractivity contribution < 1.29 is 19.4 Å². The van der Waals surface area contributed by atoms with Crippen LogP contribution in [0.4, 0.5) is 5.69 Å². The summed E-state index contributed by atoms with van der Waals surface area (Å²) in [5, 5.41) is 21.2. The number of halogens is 3. The second-order valence-electron chi connectivity index (χ2n) is 5.13. The van der Waals surface area contributed by atoms with Crippen LogP contribution in [0.15, 0.2) is 46.4 Å². The molecule has 0 heterocycles. The zero-order valence-electron chi connectivity index (χ0n) is 13.5. The number of nitrogens with one attached hydrogen (secondary N) is 1. The molecule has 27 heavy (non-hydrogen) atoms. The fourth-order valence-corrected chi connectivity index (χ4v) is 3.10. The zero-order valence-corrected chi connectivity index (χ0v) is 16.6. The Morgan fingerprint density at radius 2 is 1.93 bits per heavy atom. The monoisotopic (exact) mass is 468 g/mol. The molecular formula is C18H11BrCl2N2O4. The number of amides is 1. The van der Waals surface area contributed by atoms with Gasteiger partial charge in [0.1, 0.15) is 11.6 Å². The molecule has 0 spiro atoms. The van der Waals surface area contributed by atoms with Crippen molar-refractivity contribution in [2.75, 3.05) is 11.9 Å². The molecule has 1 amide bonds. The first-order chi connectivity index (χ1) is 12.8. The van der Waals surface area contributed by atoms with Crippen LogP contribution in [-0.4, -0.2) is 23.6 Å². The minimum atomic E-state index is -1.15. The first kappa shape index (κ1) is 20.8. The predicted molar refractivity (Wildman–Crippen MR) is 106 cm³/mol. The Labute approximate surface area is 173 Å². The summed E-state index contributed by atoms with van der Waals surface area (Å²) in [4.78, 5) is 22.9. The van der Waals surface area contributed by atoms with Gasteiger partial charge in [0.25, 0.3) is 5.91 Å². The first-order valence-electron chi connectivity index (χ1n) is 7.32. The number of hydrogen-bond acceptors (Lipinski definition) is 4. The summed E-state index contributed by atoms with van der Waals surface area (Å²) in [5.41, 5.74) is 0.798. The van der Waals surface area contributed by atoms with Gasteiger partial charge in [0.05, 0.1) is 9.50 Å². The molecule has 0 bridgehead atoms. The van der Waals surface area contributed by atoms with Crippen LogP contribution in [0.1, 0.15) is 5.56 Å². The minimum Gasteiger partial charge on any atom is -0.479 e. The van der Waals surface area contributed by atoms with Gasteiger partial charge < -0.3 is 15.2 Å². The molecular weight excluding hydrogens is 459 g/mol. The van der Waals surface area contributed by atoms with E-state index in [0.717, 1.165) is 0 Å². The smallest absolute Gasteiger partial charge is 0.341 e. The number of carbonyl (C=O) groups excluding carboxylic acids is 1. The SMILES string of the molecule is N#C/C(=C\c1cc(Cl)c(OCC(=O)O)c(Br)c1)C(=O)Nc1ccc(Cl)cc1. The van der Waals surface area contributed by atoms with Crippen molar-refractivity contribution in [3.63, 3.8) is 0 Å². The molecule has 0 aliphatic heterocycles. The standard InChI is InChI=1S/C18H11BrCl2N2O4/c19-14-6-10(7-15(21)17(14)27-9-16(24)25)5-11(8-22)18(26)23-13-3-1-12(20)2-4-13/h1-7H,9H2,(H,23,26)(H,24,25)/b11-5+. The summed E-state index contributed by atoms with van der Waals surface area (Å²) < 4.78 is 5.48. The van der Waals surface area contributed by atoms with E-state index in [1.54, 1.807) is 30.3 Å². The van der Waals surface area contributed by atoms with Gasteiger partial charge in [0.2, 0.25) is 0 Å². The number of carbonyl (C=O) groups is 2. The minimum absolute atomic E-state index is 0.132. The van der Waals surface area contributed by atoms with Gasteiger partial charge in [-0.25, -0.2) is 4.79 Å². The van der Waals surface area contributed by atoms with Crippen LogP contribution in [0.2, 0.25) is 10.0 Å². The molecule has 0 unspecified atom stereocenters. The molecule has 6 nitrogen and oxygen atoms in total. The summed E-state index contributed by atoms with van der Waals surface area (Å²) in [6.07, 6.45) is 1.35. The Morgan fingerprint density at radius 1 is 1.26 bits per heavy atom. The highest BCUT2D eigenvalue weighted by Crippen LogP contribution is 2.35. The summed E-state index contributed by atoms with van der Waals surface area (Å²) in [6, 6.07) is 11.3. The summed E-state index contributed by atoms with van der Waals surface area (Å²) in [7, 11) is 0. The number of carboxylic acid groups (broad SMARTS) is 1. The van der Waals surface area contributed by atoms with Gasteiger partial charge in [-0.1, -0.05) is 23.2 Å². The van der Waals surface area contributed by atoms with E-state index in [1.807, 2.05) is 6.07 Å². The molecule has 0 saturated carbocycles. The average Bonchev–Trinajstić information content (AvgIpc) is 2.60. The summed E-state index contributed by atoms with van der Waals surface area (Å²) in [6.45, 7) is -0.555. The Bertz CT molecular complexity index is 930. The lowest BCUT2D eigenvalue weighted by atomic mass is 10.1. The molecule has 0 saturated heterocycles. The Hall–Kier alpha value is -2.53. The number of nitrogens with zero attached hydrogens (tertiary/aromatic N) is 1. The highest BCUT2D eigenvalue weighted by atomic mass is 79.9. The van der Waals surface area contributed by atoms with Gasteiger partial charge in [-0.2, -0.15) is 5.26 Å². The van der Waals surface area contributed by atoms with Crippen molar-refractivity contribution in [3.05, 3.63) is 62.1 Å². The van der Waals surface area contributed by atoms with E-state index in [9.17, 15) is 14.9 Å². The van der Waals surface area contributed by atoms with E-state index >= 15 is 0 Å². The second kappa shape index (κ2) is 9.42. The Balaban J connectivity index is 2.23. The molecule has 0 radical (unpaired) electrons. The normalized spacial score (nSPS) is 10.8. The number of ether oxygens (including phenoxy) is 1. The second-order valence-corrected chi connectivity index (χ2v) is 6.82. The third-order valence-electron chi connectivity index (χ3n) is 3.14. The zero-order chi connectivity index (χ0) is 20.0. The van der Waals surface area contributed by atoms with Crippen LogP contribution in [0.5, 0.6) is 5.75 Å². The van der Waals surface area contributed by atoms with E-state index < -0.39 is 18.5 Å². The van der Waals surface area contributed by atoms with Crippen LogP contribution in [0.25, 0.3) is 6.08 Å². The van der Waals surface area contributed by atoms with Gasteiger partial charge in [-0.15, -0.1) is 0 Å². The Morgan fingerprint density at radius 3 is 2.48 bits per heavy atom. The van der Waals surface area contributed by atoms with Crippen LogP contribution in [0.3, 0.4) is 0 Å². The van der Waals surface area contributed by atoms with Crippen LogP contribution in [0, 0.1) is 11.3 Å². The van der Waals surface area contributed by atoms with Crippen LogP contribution < -0.4 is 10.1 Å². The largest absolute Gasteiger partial charge is 0.479 e. The molecule has 0 aliphatic rings. The topological polar surface area (TPSA) is 99.4 Å². The van der Waals surface area contributed by atoms with Crippen molar-refractivity contribution >= 4 is 62.8 Å². The maximum absolute atomic E-state index is 12.3. The number of rotatable bonds is 6. The molecule has 2 aromatic carbocycles. The Kier molecular flexibility index (Phi) is 7.25. The van der Waals surface area contributed by atoms with Crippen molar-refractivity contribution in [1.82, 2.24) is 0 Å². The summed E-state index contributed by atoms with van der Waals surface area (Å²) >= 11 is 15.1. The van der Waals surface area contributed by atoms with Crippen molar-refractivity contribution in [1.29, 1.82) is 5.26 Å². The quantitative estimate of drug-likeness (QED) is 0.469. The predicted octanol–water partition coefficient (Wildman–Crippen LogP) is 4.76. The van der Waals surface area contributed by atoms with Gasteiger partial charge in [-0.05, 0) is 64.0 Å². The molecule has 2 rings (SSSR count). The number of anilines is 1. The average molecular weight is 470 g/mol. The molecule has 0 aromatic heterocycles. The maximum Gasteiger partial charge on any atom is 0.341 e. The fraction of sp³-hybridized carbons (Fsp3) is 0.0556. The van der Waals surface area contributed by atoms with Gasteiger partial charge in [0.15, 0.2) is 12.4 Å². The number of benzene rings is 2. The number of nitriles is 1. The first-order valence-corrected chi connectivity index (χ1v) is 8.87. The van der Waals surface area contributed by atoms with Crippen molar-refractivity contribution in [2.45, 2.75) is 0 Å². The molecule has 2 aromatic rings. The van der Waals surface area contributed by atoms with Crippen LogP contribution in [-0.2, 0) is 9.59 Å². The molecule has 9 heteroatoms. The highest BCUT2D eigenvalue weighted by molar-refractivity contribution is 9.10. The number of carboxylic acids is 1. The maximum atomic E-state index is 12.3. The van der Waals surface area contributed by atoms with E-state index in [4.69, 9.17) is 33.0 Å². The molecule has 138 valence electrons. The van der Waals surface area contributed by atoms with Crippen molar-refractivity contribution in [3.8, 4) is 11.8 Å². The fourth-order valence-electron chi connectivity index (χ4n) is 1.98. The molecule has 0 aliphatic carbocycles. The van der Waals surface area contributed by atoms with Crippen molar-refractivity contribution in [2.24, 2.45) is 0 Å². The lowest BCUT2D eigenvalue weighted by Crippen LogP contribution is -2.13. The third kappa shape index (κ3) is 6.00. The number of hydrogen-bond donors (Lipinski definition) is 2. The van der Waals surface area contributed by atoms with Crippen LogP contribution >= 0.6 is 39.1 Å². The highest BCUT2D eigenvalue weighted by Gasteiger charge is 2.13. The molecule has 0 atom stereocenters. The van der Waals surface area contributed by atoms with E-state index in [2.05, 4.69) is 21.2 Å². The summed E-state index contributed by atoms with van der Waals surface area (Å²) in [5.74, 6) is -1.59.